The Hall–Kier alpha value is -1.67. The third kappa shape index (κ3) is 2.41. The molecule has 2 aromatic rings. The molecule has 1 aromatic heterocycles. The standard InChI is InChI=1S/C17H20N2/c1-12-6-4-11-16(19-12)17(18)15-10-3-2-9-14(15)13-7-5-8-13/h2-4,6,9-11,13,17H,5,7-8,18H2,1H3. The van der Waals surface area contributed by atoms with E-state index in [1.54, 1.807) is 0 Å². The van der Waals surface area contributed by atoms with Crippen LogP contribution in [0.15, 0.2) is 42.5 Å². The Labute approximate surface area is 114 Å². The first-order valence-electron chi connectivity index (χ1n) is 7.03. The van der Waals surface area contributed by atoms with Crippen molar-refractivity contribution in [2.24, 2.45) is 5.73 Å². The minimum atomic E-state index is -0.114. The van der Waals surface area contributed by atoms with Gasteiger partial charge in [-0.2, -0.15) is 0 Å². The molecule has 1 fully saturated rings. The summed E-state index contributed by atoms with van der Waals surface area (Å²) in [4.78, 5) is 4.57. The lowest BCUT2D eigenvalue weighted by Crippen LogP contribution is -2.19. The van der Waals surface area contributed by atoms with E-state index in [1.165, 1.54) is 30.4 Å². The number of pyridine rings is 1. The summed E-state index contributed by atoms with van der Waals surface area (Å²) in [7, 11) is 0. The lowest BCUT2D eigenvalue weighted by molar-refractivity contribution is 0.416. The van der Waals surface area contributed by atoms with Gasteiger partial charge >= 0.3 is 0 Å². The molecular weight excluding hydrogens is 232 g/mol. The van der Waals surface area contributed by atoms with E-state index in [0.29, 0.717) is 5.92 Å². The van der Waals surface area contributed by atoms with E-state index in [-0.39, 0.29) is 6.04 Å². The number of aromatic nitrogens is 1. The monoisotopic (exact) mass is 252 g/mol. The minimum Gasteiger partial charge on any atom is -0.319 e. The molecule has 1 atom stereocenters. The Balaban J connectivity index is 1.97. The van der Waals surface area contributed by atoms with Crippen LogP contribution in [0.4, 0.5) is 0 Å². The number of nitrogens with zero attached hydrogens (tertiary/aromatic N) is 1. The molecule has 19 heavy (non-hydrogen) atoms. The van der Waals surface area contributed by atoms with Crippen molar-refractivity contribution < 1.29 is 0 Å². The second-order valence-electron chi connectivity index (χ2n) is 5.44. The van der Waals surface area contributed by atoms with Crippen molar-refractivity contribution in [3.8, 4) is 0 Å². The molecule has 0 amide bonds. The SMILES string of the molecule is Cc1cccc(C(N)c2ccccc2C2CCC2)n1. The molecule has 0 spiro atoms. The maximum absolute atomic E-state index is 6.44. The zero-order valence-corrected chi connectivity index (χ0v) is 11.3. The predicted octanol–water partition coefficient (Wildman–Crippen LogP) is 3.71. The average Bonchev–Trinajstić information content (AvgIpc) is 2.37. The van der Waals surface area contributed by atoms with Gasteiger partial charge in [0, 0.05) is 5.69 Å². The first-order chi connectivity index (χ1) is 9.25. The van der Waals surface area contributed by atoms with Crippen molar-refractivity contribution in [3.63, 3.8) is 0 Å². The molecule has 1 aliphatic rings. The zero-order chi connectivity index (χ0) is 13.2. The highest BCUT2D eigenvalue weighted by Gasteiger charge is 2.24. The summed E-state index contributed by atoms with van der Waals surface area (Å²) in [6.45, 7) is 2.01. The molecule has 2 nitrogen and oxygen atoms in total. The van der Waals surface area contributed by atoms with Gasteiger partial charge in [0.05, 0.1) is 11.7 Å². The van der Waals surface area contributed by atoms with Gasteiger partial charge in [0.15, 0.2) is 0 Å². The van der Waals surface area contributed by atoms with Crippen LogP contribution in [-0.2, 0) is 0 Å². The Morgan fingerprint density at radius 2 is 1.89 bits per heavy atom. The van der Waals surface area contributed by atoms with Gasteiger partial charge in [-0.25, -0.2) is 0 Å². The summed E-state index contributed by atoms with van der Waals surface area (Å²) in [6, 6.07) is 14.5. The molecule has 0 bridgehead atoms. The molecule has 1 aliphatic carbocycles. The first-order valence-corrected chi connectivity index (χ1v) is 7.03. The van der Waals surface area contributed by atoms with Crippen LogP contribution in [0.25, 0.3) is 0 Å². The third-order valence-electron chi connectivity index (χ3n) is 4.10. The van der Waals surface area contributed by atoms with Gasteiger partial charge in [0.1, 0.15) is 0 Å². The Morgan fingerprint density at radius 3 is 2.58 bits per heavy atom. The fourth-order valence-corrected chi connectivity index (χ4v) is 2.78. The van der Waals surface area contributed by atoms with Crippen LogP contribution in [0.3, 0.4) is 0 Å². The molecular formula is C17H20N2. The summed E-state index contributed by atoms with van der Waals surface area (Å²) in [5.41, 5.74) is 11.1. The number of hydrogen-bond donors (Lipinski definition) is 1. The number of hydrogen-bond acceptors (Lipinski definition) is 2. The van der Waals surface area contributed by atoms with E-state index in [0.717, 1.165) is 11.4 Å². The fourth-order valence-electron chi connectivity index (χ4n) is 2.78. The lowest BCUT2D eigenvalue weighted by Gasteiger charge is -2.29. The van der Waals surface area contributed by atoms with Crippen molar-refractivity contribution in [1.82, 2.24) is 4.98 Å². The van der Waals surface area contributed by atoms with Gasteiger partial charge in [-0.3, -0.25) is 4.98 Å². The van der Waals surface area contributed by atoms with Crippen molar-refractivity contribution in [2.75, 3.05) is 0 Å². The maximum Gasteiger partial charge on any atom is 0.0729 e. The Bertz CT molecular complexity index is 573. The minimum absolute atomic E-state index is 0.114. The summed E-state index contributed by atoms with van der Waals surface area (Å²) < 4.78 is 0. The Morgan fingerprint density at radius 1 is 1.11 bits per heavy atom. The lowest BCUT2D eigenvalue weighted by atomic mass is 9.77. The van der Waals surface area contributed by atoms with Crippen molar-refractivity contribution in [1.29, 1.82) is 0 Å². The highest BCUT2D eigenvalue weighted by molar-refractivity contribution is 5.38. The third-order valence-corrected chi connectivity index (χ3v) is 4.10. The summed E-state index contributed by atoms with van der Waals surface area (Å²) >= 11 is 0. The first kappa shape index (κ1) is 12.4. The summed E-state index contributed by atoms with van der Waals surface area (Å²) in [5.74, 6) is 0.701. The molecule has 1 heterocycles. The largest absolute Gasteiger partial charge is 0.319 e. The van der Waals surface area contributed by atoms with Gasteiger partial charge in [-0.05, 0) is 48.9 Å². The molecule has 3 rings (SSSR count). The zero-order valence-electron chi connectivity index (χ0n) is 11.3. The van der Waals surface area contributed by atoms with Crippen LogP contribution in [-0.4, -0.2) is 4.98 Å². The number of benzene rings is 1. The van der Waals surface area contributed by atoms with Crippen LogP contribution in [0.1, 0.15) is 53.7 Å². The van der Waals surface area contributed by atoms with Crippen LogP contribution >= 0.6 is 0 Å². The summed E-state index contributed by atoms with van der Waals surface area (Å²) in [5, 5.41) is 0. The molecule has 1 saturated carbocycles. The molecule has 0 radical (unpaired) electrons. The van der Waals surface area contributed by atoms with Gasteiger partial charge < -0.3 is 5.73 Å². The second kappa shape index (κ2) is 5.14. The highest BCUT2D eigenvalue weighted by Crippen LogP contribution is 2.39. The number of aryl methyl sites for hydroxylation is 1. The van der Waals surface area contributed by atoms with E-state index in [9.17, 15) is 0 Å². The summed E-state index contributed by atoms with van der Waals surface area (Å²) in [6.07, 6.45) is 3.94. The molecule has 0 aliphatic heterocycles. The average molecular weight is 252 g/mol. The molecule has 98 valence electrons. The van der Waals surface area contributed by atoms with E-state index in [2.05, 4.69) is 29.2 Å². The predicted molar refractivity (Wildman–Crippen MR) is 78.0 cm³/mol. The fraction of sp³-hybridized carbons (Fsp3) is 0.353. The smallest absolute Gasteiger partial charge is 0.0729 e. The van der Waals surface area contributed by atoms with Crippen molar-refractivity contribution in [3.05, 3.63) is 65.0 Å². The van der Waals surface area contributed by atoms with Gasteiger partial charge in [0.2, 0.25) is 0 Å². The molecule has 1 aromatic carbocycles. The van der Waals surface area contributed by atoms with Crippen LogP contribution in [0.5, 0.6) is 0 Å². The highest BCUT2D eigenvalue weighted by atomic mass is 14.8. The normalized spacial score (nSPS) is 16.9. The van der Waals surface area contributed by atoms with E-state index in [4.69, 9.17) is 5.73 Å². The van der Waals surface area contributed by atoms with Crippen molar-refractivity contribution >= 4 is 0 Å². The molecule has 1 unspecified atom stereocenters. The number of rotatable bonds is 3. The van der Waals surface area contributed by atoms with E-state index in [1.807, 2.05) is 25.1 Å². The molecule has 2 heteroatoms. The quantitative estimate of drug-likeness (QED) is 0.904. The van der Waals surface area contributed by atoms with E-state index >= 15 is 0 Å². The molecule has 0 saturated heterocycles. The molecule has 2 N–H and O–H groups in total. The topological polar surface area (TPSA) is 38.9 Å². The van der Waals surface area contributed by atoms with Crippen LogP contribution in [0, 0.1) is 6.92 Å². The van der Waals surface area contributed by atoms with Gasteiger partial charge in [-0.15, -0.1) is 0 Å². The number of nitrogens with two attached hydrogens (primary N) is 1. The van der Waals surface area contributed by atoms with Gasteiger partial charge in [-0.1, -0.05) is 36.8 Å². The Kier molecular flexibility index (Phi) is 3.34. The second-order valence-corrected chi connectivity index (χ2v) is 5.44. The van der Waals surface area contributed by atoms with Crippen molar-refractivity contribution in [2.45, 2.75) is 38.1 Å². The van der Waals surface area contributed by atoms with Crippen LogP contribution < -0.4 is 5.73 Å². The van der Waals surface area contributed by atoms with E-state index < -0.39 is 0 Å². The van der Waals surface area contributed by atoms with Gasteiger partial charge in [0.25, 0.3) is 0 Å². The maximum atomic E-state index is 6.44. The van der Waals surface area contributed by atoms with Crippen LogP contribution in [0.2, 0.25) is 0 Å².